The van der Waals surface area contributed by atoms with Gasteiger partial charge in [0.25, 0.3) is 5.91 Å². The number of hydrogen-bond donors (Lipinski definition) is 1. The molecule has 5 heteroatoms. The summed E-state index contributed by atoms with van der Waals surface area (Å²) >= 11 is 0. The van der Waals surface area contributed by atoms with Crippen molar-refractivity contribution >= 4 is 11.6 Å². The summed E-state index contributed by atoms with van der Waals surface area (Å²) in [6.45, 7) is 3.91. The average Bonchev–Trinajstić information content (AvgIpc) is 2.90. The Labute approximate surface area is 116 Å². The van der Waals surface area contributed by atoms with Gasteiger partial charge < -0.3 is 14.8 Å². The molecule has 0 fully saturated rings. The Hall–Kier alpha value is -2.56. The minimum atomic E-state index is -0.235. The molecule has 1 aliphatic rings. The number of para-hydroxylation sites is 1. The lowest BCUT2D eigenvalue weighted by molar-refractivity contribution is 0.102. The average molecular weight is 270 g/mol. The number of hydrogen-bond acceptors (Lipinski definition) is 4. The van der Waals surface area contributed by atoms with E-state index in [9.17, 15) is 4.79 Å². The first-order valence-corrected chi connectivity index (χ1v) is 6.29. The van der Waals surface area contributed by atoms with E-state index in [-0.39, 0.29) is 12.7 Å². The molecule has 102 valence electrons. The molecule has 1 aliphatic heterocycles. The number of pyridine rings is 1. The fraction of sp³-hybridized carbons (Fsp3) is 0.200. The standard InChI is InChI=1S/C15H14N2O3/c1-9-6-7-12(10(2)16-9)17-15(18)11-4-3-5-13-14(11)20-8-19-13/h3-7H,8H2,1-2H3,(H,17,18). The highest BCUT2D eigenvalue weighted by atomic mass is 16.7. The Bertz CT molecular complexity index is 683. The van der Waals surface area contributed by atoms with Gasteiger partial charge in [-0.05, 0) is 38.1 Å². The van der Waals surface area contributed by atoms with Crippen LogP contribution in [-0.4, -0.2) is 17.7 Å². The van der Waals surface area contributed by atoms with E-state index in [0.717, 1.165) is 11.4 Å². The summed E-state index contributed by atoms with van der Waals surface area (Å²) in [6.07, 6.45) is 0. The fourth-order valence-corrected chi connectivity index (χ4v) is 2.12. The van der Waals surface area contributed by atoms with Gasteiger partial charge in [-0.2, -0.15) is 0 Å². The van der Waals surface area contributed by atoms with Gasteiger partial charge in [-0.15, -0.1) is 0 Å². The molecule has 1 N–H and O–H groups in total. The highest BCUT2D eigenvalue weighted by molar-refractivity contribution is 6.07. The van der Waals surface area contributed by atoms with Crippen molar-refractivity contribution < 1.29 is 14.3 Å². The zero-order valence-corrected chi connectivity index (χ0v) is 11.3. The van der Waals surface area contributed by atoms with Crippen molar-refractivity contribution in [2.75, 3.05) is 12.1 Å². The number of rotatable bonds is 2. The zero-order chi connectivity index (χ0) is 14.1. The number of aromatic nitrogens is 1. The molecular formula is C15H14N2O3. The van der Waals surface area contributed by atoms with E-state index in [1.54, 1.807) is 18.2 Å². The lowest BCUT2D eigenvalue weighted by Crippen LogP contribution is -2.14. The lowest BCUT2D eigenvalue weighted by Gasteiger charge is -2.09. The Morgan fingerprint density at radius 2 is 2.05 bits per heavy atom. The summed E-state index contributed by atoms with van der Waals surface area (Å²) in [5, 5.41) is 2.85. The summed E-state index contributed by atoms with van der Waals surface area (Å²) in [4.78, 5) is 16.7. The first-order chi connectivity index (χ1) is 9.65. The molecule has 0 aliphatic carbocycles. The van der Waals surface area contributed by atoms with E-state index < -0.39 is 0 Å². The minimum absolute atomic E-state index is 0.144. The second-order valence-corrected chi connectivity index (χ2v) is 4.58. The molecule has 0 spiro atoms. The molecule has 0 bridgehead atoms. The van der Waals surface area contributed by atoms with Gasteiger partial charge >= 0.3 is 0 Å². The van der Waals surface area contributed by atoms with Crippen LogP contribution in [0.4, 0.5) is 5.69 Å². The molecule has 5 nitrogen and oxygen atoms in total. The number of benzene rings is 1. The Morgan fingerprint density at radius 1 is 1.20 bits per heavy atom. The first-order valence-electron chi connectivity index (χ1n) is 6.29. The van der Waals surface area contributed by atoms with Gasteiger partial charge in [-0.25, -0.2) is 0 Å². The molecule has 1 aromatic heterocycles. The molecule has 2 aromatic rings. The van der Waals surface area contributed by atoms with Crippen LogP contribution in [0.25, 0.3) is 0 Å². The van der Waals surface area contributed by atoms with Gasteiger partial charge in [0.15, 0.2) is 11.5 Å². The fourth-order valence-electron chi connectivity index (χ4n) is 2.12. The van der Waals surface area contributed by atoms with Crippen LogP contribution in [0, 0.1) is 13.8 Å². The number of ether oxygens (including phenoxy) is 2. The van der Waals surface area contributed by atoms with Crippen molar-refractivity contribution in [2.45, 2.75) is 13.8 Å². The summed E-state index contributed by atoms with van der Waals surface area (Å²) in [7, 11) is 0. The summed E-state index contributed by atoms with van der Waals surface area (Å²) in [6, 6.07) is 8.95. The Morgan fingerprint density at radius 3 is 2.85 bits per heavy atom. The van der Waals surface area contributed by atoms with Gasteiger partial charge in [0.2, 0.25) is 6.79 Å². The van der Waals surface area contributed by atoms with Gasteiger partial charge in [0.05, 0.1) is 16.9 Å². The molecule has 3 rings (SSSR count). The van der Waals surface area contributed by atoms with Crippen LogP contribution in [0.15, 0.2) is 30.3 Å². The SMILES string of the molecule is Cc1ccc(NC(=O)c2cccc3c2OCO3)c(C)n1. The van der Waals surface area contributed by atoms with Crippen LogP contribution >= 0.6 is 0 Å². The van der Waals surface area contributed by atoms with Crippen LogP contribution < -0.4 is 14.8 Å². The van der Waals surface area contributed by atoms with E-state index >= 15 is 0 Å². The van der Waals surface area contributed by atoms with Gasteiger partial charge in [-0.1, -0.05) is 6.07 Å². The third kappa shape index (κ3) is 2.18. The van der Waals surface area contributed by atoms with Crippen molar-refractivity contribution in [3.8, 4) is 11.5 Å². The summed E-state index contributed by atoms with van der Waals surface area (Å²) in [5.74, 6) is 0.847. The normalized spacial score (nSPS) is 12.3. The van der Waals surface area contributed by atoms with E-state index in [1.165, 1.54) is 0 Å². The number of nitrogens with one attached hydrogen (secondary N) is 1. The van der Waals surface area contributed by atoms with Gasteiger partial charge in [0, 0.05) is 5.69 Å². The molecule has 0 atom stereocenters. The monoisotopic (exact) mass is 270 g/mol. The number of anilines is 1. The third-order valence-corrected chi connectivity index (χ3v) is 3.11. The Kier molecular flexibility index (Phi) is 3.02. The molecule has 1 aromatic carbocycles. The number of aryl methyl sites for hydroxylation is 2. The number of fused-ring (bicyclic) bond motifs is 1. The molecule has 1 amide bonds. The van der Waals surface area contributed by atoms with E-state index in [0.29, 0.717) is 22.7 Å². The number of nitrogens with zero attached hydrogens (tertiary/aromatic N) is 1. The largest absolute Gasteiger partial charge is 0.454 e. The second-order valence-electron chi connectivity index (χ2n) is 4.58. The summed E-state index contributed by atoms with van der Waals surface area (Å²) < 4.78 is 10.6. The third-order valence-electron chi connectivity index (χ3n) is 3.11. The second kappa shape index (κ2) is 4.85. The van der Waals surface area contributed by atoms with Crippen molar-refractivity contribution in [1.29, 1.82) is 0 Å². The number of carbonyl (C=O) groups excluding carboxylic acids is 1. The van der Waals surface area contributed by atoms with Crippen molar-refractivity contribution in [3.63, 3.8) is 0 Å². The van der Waals surface area contributed by atoms with Crippen LogP contribution in [0.5, 0.6) is 11.5 Å². The molecule has 20 heavy (non-hydrogen) atoms. The maximum absolute atomic E-state index is 12.3. The zero-order valence-electron chi connectivity index (χ0n) is 11.3. The topological polar surface area (TPSA) is 60.5 Å². The van der Waals surface area contributed by atoms with E-state index in [1.807, 2.05) is 26.0 Å². The maximum Gasteiger partial charge on any atom is 0.259 e. The van der Waals surface area contributed by atoms with Gasteiger partial charge in [-0.3, -0.25) is 9.78 Å². The molecule has 0 saturated carbocycles. The number of carbonyl (C=O) groups is 1. The predicted octanol–water partition coefficient (Wildman–Crippen LogP) is 2.68. The summed E-state index contributed by atoms with van der Waals surface area (Å²) in [5.41, 5.74) is 2.85. The minimum Gasteiger partial charge on any atom is -0.454 e. The van der Waals surface area contributed by atoms with Gasteiger partial charge in [0.1, 0.15) is 0 Å². The highest BCUT2D eigenvalue weighted by Crippen LogP contribution is 2.35. The van der Waals surface area contributed by atoms with Crippen LogP contribution in [-0.2, 0) is 0 Å². The van der Waals surface area contributed by atoms with E-state index in [4.69, 9.17) is 9.47 Å². The number of amides is 1. The van der Waals surface area contributed by atoms with Crippen LogP contribution in [0.1, 0.15) is 21.7 Å². The van der Waals surface area contributed by atoms with E-state index in [2.05, 4.69) is 10.3 Å². The van der Waals surface area contributed by atoms with Crippen molar-refractivity contribution in [1.82, 2.24) is 4.98 Å². The van der Waals surface area contributed by atoms with Crippen molar-refractivity contribution in [3.05, 3.63) is 47.3 Å². The quantitative estimate of drug-likeness (QED) is 0.911. The van der Waals surface area contributed by atoms with Crippen molar-refractivity contribution in [2.24, 2.45) is 0 Å². The smallest absolute Gasteiger partial charge is 0.259 e. The molecular weight excluding hydrogens is 256 g/mol. The van der Waals surface area contributed by atoms with Crippen LogP contribution in [0.3, 0.4) is 0 Å². The highest BCUT2D eigenvalue weighted by Gasteiger charge is 2.22. The Balaban J connectivity index is 1.89. The molecule has 0 unspecified atom stereocenters. The maximum atomic E-state index is 12.3. The lowest BCUT2D eigenvalue weighted by atomic mass is 10.1. The molecule has 0 radical (unpaired) electrons. The predicted molar refractivity (Wildman–Crippen MR) is 74.2 cm³/mol. The molecule has 0 saturated heterocycles. The molecule has 2 heterocycles. The van der Waals surface area contributed by atoms with Crippen LogP contribution in [0.2, 0.25) is 0 Å². The first kappa shape index (κ1) is 12.5.